The molecule has 0 aliphatic heterocycles. The predicted octanol–water partition coefficient (Wildman–Crippen LogP) is 5.04. The molecule has 0 spiro atoms. The number of aryl methyl sites for hydroxylation is 1. The molecule has 0 aliphatic rings. The van der Waals surface area contributed by atoms with Crippen molar-refractivity contribution in [3.8, 4) is 5.75 Å². The number of para-hydroxylation sites is 1. The number of benzene rings is 2. The van der Waals surface area contributed by atoms with Gasteiger partial charge in [-0.2, -0.15) is 0 Å². The predicted molar refractivity (Wildman–Crippen MR) is 82.0 cm³/mol. The van der Waals surface area contributed by atoms with Crippen molar-refractivity contribution in [2.45, 2.75) is 20.0 Å². The van der Waals surface area contributed by atoms with E-state index >= 15 is 0 Å². The number of hydrogen-bond donors (Lipinski definition) is 0. The van der Waals surface area contributed by atoms with Gasteiger partial charge in [-0.3, -0.25) is 0 Å². The lowest BCUT2D eigenvalue weighted by atomic mass is 10.1. The molecule has 0 saturated carbocycles. The van der Waals surface area contributed by atoms with Crippen LogP contribution in [0.15, 0.2) is 53.9 Å². The molecule has 0 bridgehead atoms. The van der Waals surface area contributed by atoms with Gasteiger partial charge < -0.3 is 4.74 Å². The second-order valence-electron chi connectivity index (χ2n) is 4.51. The first-order chi connectivity index (χ1) is 9.38. The summed E-state index contributed by atoms with van der Waals surface area (Å²) >= 11 is 1.78. The van der Waals surface area contributed by atoms with E-state index in [9.17, 15) is 0 Å². The van der Waals surface area contributed by atoms with E-state index in [1.165, 1.54) is 21.2 Å². The van der Waals surface area contributed by atoms with Crippen LogP contribution in [0.2, 0.25) is 0 Å². The molecule has 2 heteroatoms. The minimum absolute atomic E-state index is 0.640. The van der Waals surface area contributed by atoms with Gasteiger partial charge in [0.1, 0.15) is 12.4 Å². The van der Waals surface area contributed by atoms with E-state index in [-0.39, 0.29) is 0 Å². The highest BCUT2D eigenvalue weighted by molar-refractivity contribution is 7.17. The largest absolute Gasteiger partial charge is 0.489 e. The van der Waals surface area contributed by atoms with Gasteiger partial charge in [-0.05, 0) is 34.9 Å². The van der Waals surface area contributed by atoms with Crippen LogP contribution in [0.1, 0.15) is 18.1 Å². The van der Waals surface area contributed by atoms with E-state index < -0.39 is 0 Å². The third-order valence-corrected chi connectivity index (χ3v) is 4.31. The SMILES string of the molecule is CCc1ccccc1OCc1csc2ccccc12. The van der Waals surface area contributed by atoms with E-state index in [1.807, 2.05) is 12.1 Å². The quantitative estimate of drug-likeness (QED) is 0.644. The van der Waals surface area contributed by atoms with Gasteiger partial charge >= 0.3 is 0 Å². The zero-order valence-corrected chi connectivity index (χ0v) is 11.7. The Bertz CT molecular complexity index is 684. The lowest BCUT2D eigenvalue weighted by Gasteiger charge is -2.09. The third kappa shape index (κ3) is 2.49. The Morgan fingerprint density at radius 2 is 1.74 bits per heavy atom. The highest BCUT2D eigenvalue weighted by Crippen LogP contribution is 2.27. The van der Waals surface area contributed by atoms with Crippen molar-refractivity contribution in [2.75, 3.05) is 0 Å². The van der Waals surface area contributed by atoms with E-state index in [0.717, 1.165) is 12.2 Å². The molecule has 0 amide bonds. The Morgan fingerprint density at radius 1 is 0.947 bits per heavy atom. The summed E-state index contributed by atoms with van der Waals surface area (Å²) in [6, 6.07) is 16.7. The van der Waals surface area contributed by atoms with Gasteiger partial charge in [-0.15, -0.1) is 11.3 Å². The van der Waals surface area contributed by atoms with Crippen LogP contribution in [0.4, 0.5) is 0 Å². The summed E-state index contributed by atoms with van der Waals surface area (Å²) in [5.74, 6) is 1.00. The first kappa shape index (κ1) is 12.2. The Hall–Kier alpha value is -1.80. The summed E-state index contributed by atoms with van der Waals surface area (Å²) < 4.78 is 7.31. The monoisotopic (exact) mass is 268 g/mol. The topological polar surface area (TPSA) is 9.23 Å². The standard InChI is InChI=1S/C17H16OS/c1-2-13-7-3-5-9-16(13)18-11-14-12-19-17-10-6-4-8-15(14)17/h3-10,12H,2,11H2,1H3. The lowest BCUT2D eigenvalue weighted by molar-refractivity contribution is 0.305. The summed E-state index contributed by atoms with van der Waals surface area (Å²) in [5.41, 5.74) is 2.54. The van der Waals surface area contributed by atoms with Crippen LogP contribution in [-0.4, -0.2) is 0 Å². The van der Waals surface area contributed by atoms with Crippen LogP contribution < -0.4 is 4.74 Å². The molecular formula is C17H16OS. The van der Waals surface area contributed by atoms with E-state index in [0.29, 0.717) is 6.61 Å². The number of ether oxygens (including phenoxy) is 1. The van der Waals surface area contributed by atoms with Crippen LogP contribution in [0, 0.1) is 0 Å². The maximum Gasteiger partial charge on any atom is 0.122 e. The summed E-state index contributed by atoms with van der Waals surface area (Å²) in [5, 5.41) is 3.50. The first-order valence-electron chi connectivity index (χ1n) is 6.54. The summed E-state index contributed by atoms with van der Waals surface area (Å²) in [7, 11) is 0. The summed E-state index contributed by atoms with van der Waals surface area (Å²) in [4.78, 5) is 0. The molecule has 1 nitrogen and oxygen atoms in total. The molecular weight excluding hydrogens is 252 g/mol. The number of thiophene rings is 1. The van der Waals surface area contributed by atoms with Crippen molar-refractivity contribution in [3.05, 3.63) is 65.0 Å². The van der Waals surface area contributed by atoms with Gasteiger partial charge in [-0.1, -0.05) is 43.3 Å². The first-order valence-corrected chi connectivity index (χ1v) is 7.42. The Labute approximate surface area is 117 Å². The van der Waals surface area contributed by atoms with Crippen molar-refractivity contribution < 1.29 is 4.74 Å². The van der Waals surface area contributed by atoms with Crippen LogP contribution in [0.3, 0.4) is 0 Å². The Kier molecular flexibility index (Phi) is 3.51. The maximum absolute atomic E-state index is 5.99. The summed E-state index contributed by atoms with van der Waals surface area (Å²) in [6.07, 6.45) is 1.00. The fourth-order valence-corrected chi connectivity index (χ4v) is 3.18. The molecule has 0 unspecified atom stereocenters. The van der Waals surface area contributed by atoms with Crippen molar-refractivity contribution in [2.24, 2.45) is 0 Å². The zero-order valence-electron chi connectivity index (χ0n) is 10.9. The molecule has 3 aromatic rings. The number of fused-ring (bicyclic) bond motifs is 1. The van der Waals surface area contributed by atoms with Gasteiger partial charge in [-0.25, -0.2) is 0 Å². The molecule has 0 N–H and O–H groups in total. The molecule has 0 saturated heterocycles. The molecule has 0 radical (unpaired) electrons. The fraction of sp³-hybridized carbons (Fsp3) is 0.176. The normalized spacial score (nSPS) is 10.8. The van der Waals surface area contributed by atoms with Gasteiger partial charge in [0, 0.05) is 10.3 Å². The molecule has 0 aliphatic carbocycles. The molecule has 0 atom stereocenters. The van der Waals surface area contributed by atoms with Crippen LogP contribution in [0.25, 0.3) is 10.1 Å². The third-order valence-electron chi connectivity index (χ3n) is 3.30. The molecule has 1 aromatic heterocycles. The van der Waals surface area contributed by atoms with Crippen molar-refractivity contribution in [1.82, 2.24) is 0 Å². The minimum Gasteiger partial charge on any atom is -0.489 e. The molecule has 19 heavy (non-hydrogen) atoms. The molecule has 0 fully saturated rings. The lowest BCUT2D eigenvalue weighted by Crippen LogP contribution is -1.97. The Balaban J connectivity index is 1.82. The minimum atomic E-state index is 0.640. The van der Waals surface area contributed by atoms with Gasteiger partial charge in [0.05, 0.1) is 0 Å². The second kappa shape index (κ2) is 5.45. The van der Waals surface area contributed by atoms with Crippen molar-refractivity contribution in [3.63, 3.8) is 0 Å². The van der Waals surface area contributed by atoms with E-state index in [2.05, 4.69) is 48.7 Å². The van der Waals surface area contributed by atoms with Gasteiger partial charge in [0.2, 0.25) is 0 Å². The van der Waals surface area contributed by atoms with Gasteiger partial charge in [0.25, 0.3) is 0 Å². The van der Waals surface area contributed by atoms with Crippen LogP contribution in [-0.2, 0) is 13.0 Å². The second-order valence-corrected chi connectivity index (χ2v) is 5.42. The van der Waals surface area contributed by atoms with Crippen LogP contribution >= 0.6 is 11.3 Å². The molecule has 1 heterocycles. The maximum atomic E-state index is 5.99. The average molecular weight is 268 g/mol. The number of hydrogen-bond acceptors (Lipinski definition) is 2. The molecule has 96 valence electrons. The molecule has 2 aromatic carbocycles. The smallest absolute Gasteiger partial charge is 0.122 e. The zero-order chi connectivity index (χ0) is 13.1. The molecule has 3 rings (SSSR count). The van der Waals surface area contributed by atoms with Crippen LogP contribution in [0.5, 0.6) is 5.75 Å². The fourth-order valence-electron chi connectivity index (χ4n) is 2.24. The van der Waals surface area contributed by atoms with E-state index in [4.69, 9.17) is 4.74 Å². The Morgan fingerprint density at radius 3 is 2.63 bits per heavy atom. The highest BCUT2D eigenvalue weighted by atomic mass is 32.1. The van der Waals surface area contributed by atoms with Gasteiger partial charge in [0.15, 0.2) is 0 Å². The highest BCUT2D eigenvalue weighted by Gasteiger charge is 2.05. The van der Waals surface area contributed by atoms with Crippen molar-refractivity contribution >= 4 is 21.4 Å². The number of rotatable bonds is 4. The van der Waals surface area contributed by atoms with Crippen molar-refractivity contribution in [1.29, 1.82) is 0 Å². The summed E-state index contributed by atoms with van der Waals surface area (Å²) in [6.45, 7) is 2.79. The average Bonchev–Trinajstić information content (AvgIpc) is 2.89. The van der Waals surface area contributed by atoms with E-state index in [1.54, 1.807) is 11.3 Å².